The number of ether oxygens (including phenoxy) is 1. The Morgan fingerprint density at radius 3 is 2.15 bits per heavy atom. The van der Waals surface area contributed by atoms with Gasteiger partial charge in [0, 0.05) is 12.8 Å². The van der Waals surface area contributed by atoms with E-state index in [0.717, 1.165) is 12.1 Å². The normalized spacial score (nSPS) is 18.3. The lowest BCUT2D eigenvalue weighted by molar-refractivity contribution is -0.201. The summed E-state index contributed by atoms with van der Waals surface area (Å²) in [7, 11) is -4.14. The first kappa shape index (κ1) is 31.0. The number of nitrogens with one attached hydrogen (secondary N) is 2. The predicted octanol–water partition coefficient (Wildman–Crippen LogP) is 5.00. The number of carbonyl (C=O) groups excluding carboxylic acids is 2. The van der Waals surface area contributed by atoms with Crippen LogP contribution in [0, 0.1) is 0 Å². The predicted molar refractivity (Wildman–Crippen MR) is 133 cm³/mol. The Morgan fingerprint density at radius 1 is 0.975 bits per heavy atom. The van der Waals surface area contributed by atoms with Crippen LogP contribution in [0.4, 0.5) is 26.3 Å². The average molecular weight is 593 g/mol. The average Bonchev–Trinajstić information content (AvgIpc) is 2.84. The standard InChI is InChI=1S/C26H26F6N2O5S/c1-40(37,38)34-23(36)21-20(17-8-4-2-5-9-17)16-24(26(30,31)32,33-22(21)35)18-10-12-19(13-11-18)39-15-7-3-6-14-25(27,28)29/h2,4-5,8-13H,3,6-7,14-16H2,1H3,(H,33,35)(H,34,36)/t24-/m0/s1. The first-order chi connectivity index (χ1) is 18.5. The summed E-state index contributed by atoms with van der Waals surface area (Å²) in [5, 5.41) is 1.89. The van der Waals surface area contributed by atoms with E-state index in [-0.39, 0.29) is 41.9 Å². The van der Waals surface area contributed by atoms with Crippen molar-refractivity contribution in [2.75, 3.05) is 12.9 Å². The number of alkyl halides is 6. The Morgan fingerprint density at radius 2 is 1.60 bits per heavy atom. The fourth-order valence-electron chi connectivity index (χ4n) is 4.28. The molecule has 2 aromatic rings. The molecule has 2 N–H and O–H groups in total. The largest absolute Gasteiger partial charge is 0.494 e. The second kappa shape index (κ2) is 11.9. The lowest BCUT2D eigenvalue weighted by Crippen LogP contribution is -2.59. The van der Waals surface area contributed by atoms with Crippen LogP contribution in [0.5, 0.6) is 5.75 Å². The molecule has 0 bridgehead atoms. The molecule has 1 aliphatic heterocycles. The number of unbranched alkanes of at least 4 members (excludes halogenated alkanes) is 2. The zero-order valence-corrected chi connectivity index (χ0v) is 22.0. The summed E-state index contributed by atoms with van der Waals surface area (Å²) in [5.41, 5.74) is -4.29. The van der Waals surface area contributed by atoms with Crippen molar-refractivity contribution in [1.29, 1.82) is 0 Å². The van der Waals surface area contributed by atoms with Crippen molar-refractivity contribution in [3.05, 3.63) is 71.3 Å². The molecule has 2 amide bonds. The maximum atomic E-state index is 14.7. The lowest BCUT2D eigenvalue weighted by Gasteiger charge is -2.41. The van der Waals surface area contributed by atoms with Crippen LogP contribution in [0.15, 0.2) is 60.2 Å². The Kier molecular flexibility index (Phi) is 9.22. The van der Waals surface area contributed by atoms with E-state index in [1.807, 2.05) is 5.32 Å². The first-order valence-corrected chi connectivity index (χ1v) is 13.9. The van der Waals surface area contributed by atoms with Gasteiger partial charge in [0.1, 0.15) is 11.3 Å². The Hall–Kier alpha value is -3.55. The van der Waals surface area contributed by atoms with E-state index in [9.17, 15) is 44.3 Å². The van der Waals surface area contributed by atoms with Gasteiger partial charge in [0.25, 0.3) is 11.8 Å². The summed E-state index contributed by atoms with van der Waals surface area (Å²) in [6.45, 7) is 0.0536. The summed E-state index contributed by atoms with van der Waals surface area (Å²) in [4.78, 5) is 25.8. The number of amides is 2. The smallest absolute Gasteiger partial charge is 0.416 e. The van der Waals surface area contributed by atoms with Crippen LogP contribution < -0.4 is 14.8 Å². The second-order valence-electron chi connectivity index (χ2n) is 9.26. The van der Waals surface area contributed by atoms with E-state index >= 15 is 0 Å². The third-order valence-electron chi connectivity index (χ3n) is 6.13. The van der Waals surface area contributed by atoms with Gasteiger partial charge in [-0.2, -0.15) is 26.3 Å². The van der Waals surface area contributed by atoms with Crippen LogP contribution in [0.25, 0.3) is 5.57 Å². The second-order valence-corrected chi connectivity index (χ2v) is 11.0. The van der Waals surface area contributed by atoms with Gasteiger partial charge < -0.3 is 10.1 Å². The SMILES string of the molecule is CS(=O)(=O)NC(=O)C1=C(c2ccccc2)C[C@](c2ccc(OCCCCCC(F)(F)F)cc2)(C(F)(F)F)NC1=O. The van der Waals surface area contributed by atoms with Crippen LogP contribution in [0.3, 0.4) is 0 Å². The molecule has 218 valence electrons. The third-order valence-corrected chi connectivity index (χ3v) is 6.69. The molecule has 0 aliphatic carbocycles. The van der Waals surface area contributed by atoms with Gasteiger partial charge in [-0.1, -0.05) is 42.5 Å². The molecule has 0 radical (unpaired) electrons. The number of hydrogen-bond acceptors (Lipinski definition) is 5. The zero-order chi connectivity index (χ0) is 29.8. The molecule has 0 saturated carbocycles. The van der Waals surface area contributed by atoms with Crippen molar-refractivity contribution in [2.24, 2.45) is 0 Å². The minimum Gasteiger partial charge on any atom is -0.494 e. The number of rotatable bonds is 10. The van der Waals surface area contributed by atoms with Crippen LogP contribution in [-0.4, -0.2) is 45.4 Å². The van der Waals surface area contributed by atoms with Gasteiger partial charge in [0.15, 0.2) is 5.54 Å². The minimum absolute atomic E-state index is 0.0536. The van der Waals surface area contributed by atoms with Crippen LogP contribution >= 0.6 is 0 Å². The molecule has 14 heteroatoms. The fourth-order valence-corrected chi connectivity index (χ4v) is 4.71. The molecule has 0 unspecified atom stereocenters. The van der Waals surface area contributed by atoms with Gasteiger partial charge in [-0.25, -0.2) is 13.1 Å². The van der Waals surface area contributed by atoms with Gasteiger partial charge in [0.2, 0.25) is 10.0 Å². The summed E-state index contributed by atoms with van der Waals surface area (Å²) in [6.07, 6.45) is -9.96. The van der Waals surface area contributed by atoms with Crippen LogP contribution in [-0.2, 0) is 25.2 Å². The fraction of sp³-hybridized carbons (Fsp3) is 0.385. The van der Waals surface area contributed by atoms with Gasteiger partial charge in [0.05, 0.1) is 12.9 Å². The molecule has 3 rings (SSSR count). The summed E-state index contributed by atoms with van der Waals surface area (Å²) in [5.74, 6) is -2.61. The van der Waals surface area contributed by atoms with Gasteiger partial charge in [-0.05, 0) is 48.1 Å². The first-order valence-electron chi connectivity index (χ1n) is 12.0. The number of halogens is 6. The lowest BCUT2D eigenvalue weighted by atomic mass is 9.76. The number of benzene rings is 2. The maximum absolute atomic E-state index is 14.7. The van der Waals surface area contributed by atoms with E-state index in [4.69, 9.17) is 4.74 Å². The molecular formula is C26H26F6N2O5S. The van der Waals surface area contributed by atoms with Crippen LogP contribution in [0.1, 0.15) is 43.2 Å². The van der Waals surface area contributed by atoms with Gasteiger partial charge in [-0.15, -0.1) is 0 Å². The van der Waals surface area contributed by atoms with Crippen molar-refractivity contribution in [1.82, 2.24) is 10.0 Å². The molecule has 40 heavy (non-hydrogen) atoms. The molecule has 0 saturated heterocycles. The number of carbonyl (C=O) groups is 2. The highest BCUT2D eigenvalue weighted by Crippen LogP contribution is 2.48. The summed E-state index contributed by atoms with van der Waals surface area (Å²) in [6, 6.07) is 12.0. The van der Waals surface area contributed by atoms with E-state index in [1.54, 1.807) is 10.8 Å². The highest BCUT2D eigenvalue weighted by molar-refractivity contribution is 7.89. The van der Waals surface area contributed by atoms with Crippen molar-refractivity contribution < 1.29 is 49.1 Å². The molecule has 1 heterocycles. The highest BCUT2D eigenvalue weighted by atomic mass is 32.2. The van der Waals surface area contributed by atoms with Crippen molar-refractivity contribution in [3.8, 4) is 5.75 Å². The molecule has 0 fully saturated rings. The van der Waals surface area contributed by atoms with Crippen molar-refractivity contribution >= 4 is 27.4 Å². The van der Waals surface area contributed by atoms with E-state index in [2.05, 4.69) is 0 Å². The topological polar surface area (TPSA) is 102 Å². The molecule has 1 atom stereocenters. The molecule has 0 aromatic heterocycles. The Balaban J connectivity index is 1.91. The number of sulfonamides is 1. The van der Waals surface area contributed by atoms with Crippen molar-refractivity contribution in [2.45, 2.75) is 50.0 Å². The van der Waals surface area contributed by atoms with Gasteiger partial charge in [-0.3, -0.25) is 9.59 Å². The highest BCUT2D eigenvalue weighted by Gasteiger charge is 2.60. The molecule has 0 spiro atoms. The minimum atomic E-state index is -5.05. The number of hydrogen-bond donors (Lipinski definition) is 2. The Labute approximate surface area is 226 Å². The quantitative estimate of drug-likeness (QED) is 0.230. The van der Waals surface area contributed by atoms with E-state index in [1.165, 1.54) is 36.4 Å². The molecule has 1 aliphatic rings. The van der Waals surface area contributed by atoms with Gasteiger partial charge >= 0.3 is 12.4 Å². The summed E-state index contributed by atoms with van der Waals surface area (Å²) < 4.78 is 111. The molecular weight excluding hydrogens is 566 g/mol. The monoisotopic (exact) mass is 592 g/mol. The molecule has 2 aromatic carbocycles. The van der Waals surface area contributed by atoms with E-state index < -0.39 is 58.1 Å². The van der Waals surface area contributed by atoms with E-state index in [0.29, 0.717) is 12.7 Å². The third kappa shape index (κ3) is 7.77. The maximum Gasteiger partial charge on any atom is 0.416 e. The molecule has 7 nitrogen and oxygen atoms in total. The van der Waals surface area contributed by atoms with Crippen LogP contribution in [0.2, 0.25) is 0 Å². The van der Waals surface area contributed by atoms with Crippen molar-refractivity contribution in [3.63, 3.8) is 0 Å². The Bertz CT molecular complexity index is 1360. The zero-order valence-electron chi connectivity index (χ0n) is 21.2. The summed E-state index contributed by atoms with van der Waals surface area (Å²) >= 11 is 0.